The van der Waals surface area contributed by atoms with Crippen LogP contribution in [0.3, 0.4) is 0 Å². The van der Waals surface area contributed by atoms with E-state index in [4.69, 9.17) is 27.9 Å². The van der Waals surface area contributed by atoms with E-state index in [2.05, 4.69) is 35.6 Å². The van der Waals surface area contributed by atoms with Gasteiger partial charge in [-0.1, -0.05) is 41.4 Å². The number of para-hydroxylation sites is 1. The molecule has 0 saturated carbocycles. The lowest BCUT2D eigenvalue weighted by Gasteiger charge is -2.42. The zero-order chi connectivity index (χ0) is 22.9. The van der Waals surface area contributed by atoms with E-state index >= 15 is 0 Å². The fourth-order valence-electron chi connectivity index (χ4n) is 4.90. The molecular formula is C24H22Cl2N2O3S. The lowest BCUT2D eigenvalue weighted by Crippen LogP contribution is -2.58. The van der Waals surface area contributed by atoms with E-state index in [1.807, 2.05) is 19.2 Å². The van der Waals surface area contributed by atoms with Gasteiger partial charge in [-0.25, -0.2) is 8.42 Å². The first kappa shape index (κ1) is 21.4. The van der Waals surface area contributed by atoms with Crippen molar-refractivity contribution in [3.8, 4) is 5.75 Å². The van der Waals surface area contributed by atoms with E-state index in [0.717, 1.165) is 11.3 Å². The van der Waals surface area contributed by atoms with Gasteiger partial charge in [-0.2, -0.15) is 0 Å². The molecule has 166 valence electrons. The second-order valence-electron chi connectivity index (χ2n) is 8.77. The molecule has 0 radical (unpaired) electrons. The molecule has 2 aliphatic rings. The lowest BCUT2D eigenvalue weighted by atomic mass is 9.76. The van der Waals surface area contributed by atoms with Crippen molar-refractivity contribution >= 4 is 44.6 Å². The second kappa shape index (κ2) is 7.04. The summed E-state index contributed by atoms with van der Waals surface area (Å²) in [7, 11) is -1.76. The fourth-order valence-corrected chi connectivity index (χ4v) is 6.34. The van der Waals surface area contributed by atoms with E-state index in [1.165, 1.54) is 17.7 Å². The van der Waals surface area contributed by atoms with Crippen LogP contribution in [0, 0.1) is 0 Å². The van der Waals surface area contributed by atoms with Crippen LogP contribution in [0.5, 0.6) is 5.75 Å². The number of nitrogens with one attached hydrogen (secondary N) is 1. The number of fused-ring (bicyclic) bond motifs is 2. The molecule has 0 aliphatic carbocycles. The van der Waals surface area contributed by atoms with Crippen molar-refractivity contribution in [2.45, 2.75) is 36.3 Å². The largest absolute Gasteiger partial charge is 0.465 e. The van der Waals surface area contributed by atoms with Crippen LogP contribution in [-0.4, -0.2) is 21.2 Å². The summed E-state index contributed by atoms with van der Waals surface area (Å²) in [6.45, 7) is 4.33. The Kier molecular flexibility index (Phi) is 4.72. The Bertz CT molecular complexity index is 1340. The third kappa shape index (κ3) is 3.00. The monoisotopic (exact) mass is 488 g/mol. The summed E-state index contributed by atoms with van der Waals surface area (Å²) < 4.78 is 34.9. The minimum atomic E-state index is -3.79. The van der Waals surface area contributed by atoms with Crippen LogP contribution in [0.4, 0.5) is 11.4 Å². The molecule has 0 saturated heterocycles. The zero-order valence-electron chi connectivity index (χ0n) is 17.8. The predicted molar refractivity (Wildman–Crippen MR) is 129 cm³/mol. The van der Waals surface area contributed by atoms with Gasteiger partial charge in [0.15, 0.2) is 5.72 Å². The van der Waals surface area contributed by atoms with Crippen LogP contribution in [0.1, 0.15) is 25.0 Å². The van der Waals surface area contributed by atoms with Gasteiger partial charge in [0.1, 0.15) is 5.75 Å². The van der Waals surface area contributed by atoms with Crippen molar-refractivity contribution < 1.29 is 13.2 Å². The van der Waals surface area contributed by atoms with Gasteiger partial charge < -0.3 is 9.64 Å². The summed E-state index contributed by atoms with van der Waals surface area (Å²) in [5.74, 6) is 0.592. The SMILES string of the molecule is CN1c2ccccc2C(C)(C)C12Cc1cc(NS(=O)(=O)c3ccc(Cl)cc3)cc(Cl)c1O2. The number of anilines is 2. The molecular weight excluding hydrogens is 467 g/mol. The number of halogens is 2. The van der Waals surface area contributed by atoms with Gasteiger partial charge >= 0.3 is 0 Å². The number of hydrogen-bond donors (Lipinski definition) is 1. The van der Waals surface area contributed by atoms with Crippen molar-refractivity contribution in [3.05, 3.63) is 81.8 Å². The number of likely N-dealkylation sites (N-methyl/N-ethyl adjacent to an activating group) is 1. The van der Waals surface area contributed by atoms with Gasteiger partial charge in [-0.3, -0.25) is 4.72 Å². The van der Waals surface area contributed by atoms with Crippen molar-refractivity contribution in [3.63, 3.8) is 0 Å². The van der Waals surface area contributed by atoms with Crippen LogP contribution in [0.2, 0.25) is 10.0 Å². The number of hydrogen-bond acceptors (Lipinski definition) is 4. The molecule has 3 aromatic rings. The molecule has 3 aromatic carbocycles. The van der Waals surface area contributed by atoms with Crippen LogP contribution < -0.4 is 14.4 Å². The first-order chi connectivity index (χ1) is 15.0. The minimum absolute atomic E-state index is 0.123. The van der Waals surface area contributed by atoms with Gasteiger partial charge in [0.25, 0.3) is 10.0 Å². The molecule has 0 bridgehead atoms. The summed E-state index contributed by atoms with van der Waals surface area (Å²) in [6, 6.07) is 17.7. The molecule has 2 heterocycles. The average Bonchev–Trinajstić information content (AvgIpc) is 3.21. The maximum absolute atomic E-state index is 12.8. The van der Waals surface area contributed by atoms with Crippen molar-refractivity contribution in [2.24, 2.45) is 0 Å². The lowest BCUT2D eigenvalue weighted by molar-refractivity contribution is 0.0351. The summed E-state index contributed by atoms with van der Waals surface area (Å²) in [4.78, 5) is 2.29. The highest BCUT2D eigenvalue weighted by Crippen LogP contribution is 2.57. The number of rotatable bonds is 3. The Labute approximate surface area is 198 Å². The third-order valence-electron chi connectivity index (χ3n) is 6.65. The van der Waals surface area contributed by atoms with E-state index < -0.39 is 15.7 Å². The minimum Gasteiger partial charge on any atom is -0.465 e. The van der Waals surface area contributed by atoms with E-state index in [-0.39, 0.29) is 10.3 Å². The first-order valence-corrected chi connectivity index (χ1v) is 12.4. The molecule has 0 fully saturated rings. The Morgan fingerprint density at radius 2 is 1.72 bits per heavy atom. The summed E-state index contributed by atoms with van der Waals surface area (Å²) in [5.41, 5.74) is 2.60. The molecule has 0 aromatic heterocycles. The zero-order valence-corrected chi connectivity index (χ0v) is 20.1. The van der Waals surface area contributed by atoms with E-state index in [0.29, 0.717) is 27.9 Å². The molecule has 5 nitrogen and oxygen atoms in total. The molecule has 5 rings (SSSR count). The molecule has 1 N–H and O–H groups in total. The Balaban J connectivity index is 1.51. The van der Waals surface area contributed by atoms with Gasteiger partial charge in [-0.15, -0.1) is 0 Å². The maximum atomic E-state index is 12.8. The van der Waals surface area contributed by atoms with Crippen molar-refractivity contribution in [1.29, 1.82) is 0 Å². The molecule has 8 heteroatoms. The highest BCUT2D eigenvalue weighted by atomic mass is 35.5. The normalized spacial score (nSPS) is 20.7. The number of benzene rings is 3. The van der Waals surface area contributed by atoms with Crippen molar-refractivity contribution in [2.75, 3.05) is 16.7 Å². The Morgan fingerprint density at radius 3 is 2.41 bits per heavy atom. The quantitative estimate of drug-likeness (QED) is 0.501. The standard InChI is InChI=1S/C24H22Cl2N2O3S/c1-23(2)19-6-4-5-7-21(19)28(3)24(23)14-15-12-17(13-20(26)22(15)31-24)27-32(29,30)18-10-8-16(25)9-11-18/h4-13,27H,14H2,1-3H3. The van der Waals surface area contributed by atoms with E-state index in [9.17, 15) is 8.42 Å². The number of nitrogens with zero attached hydrogens (tertiary/aromatic N) is 1. The number of sulfonamides is 1. The predicted octanol–water partition coefficient (Wildman–Crippen LogP) is 5.85. The molecule has 0 amide bonds. The molecule has 1 spiro atoms. The molecule has 32 heavy (non-hydrogen) atoms. The highest BCUT2D eigenvalue weighted by Gasteiger charge is 2.60. The average molecular weight is 489 g/mol. The maximum Gasteiger partial charge on any atom is 0.261 e. The van der Waals surface area contributed by atoms with E-state index in [1.54, 1.807) is 24.3 Å². The fraction of sp³-hybridized carbons (Fsp3) is 0.250. The summed E-state index contributed by atoms with van der Waals surface area (Å²) >= 11 is 12.5. The topological polar surface area (TPSA) is 58.6 Å². The summed E-state index contributed by atoms with van der Waals surface area (Å²) in [5, 5.41) is 0.838. The van der Waals surface area contributed by atoms with Gasteiger partial charge in [0.2, 0.25) is 0 Å². The number of ether oxygens (including phenoxy) is 1. The summed E-state index contributed by atoms with van der Waals surface area (Å²) in [6.07, 6.45) is 0.566. The Hall–Kier alpha value is -2.41. The third-order valence-corrected chi connectivity index (χ3v) is 8.58. The molecule has 2 aliphatic heterocycles. The highest BCUT2D eigenvalue weighted by molar-refractivity contribution is 7.92. The van der Waals surface area contributed by atoms with Crippen LogP contribution in [0.15, 0.2) is 65.6 Å². The van der Waals surface area contributed by atoms with Crippen LogP contribution >= 0.6 is 23.2 Å². The smallest absolute Gasteiger partial charge is 0.261 e. The molecule has 1 unspecified atom stereocenters. The van der Waals surface area contributed by atoms with Gasteiger partial charge in [0.05, 0.1) is 21.0 Å². The van der Waals surface area contributed by atoms with Crippen LogP contribution in [-0.2, 0) is 21.9 Å². The van der Waals surface area contributed by atoms with Gasteiger partial charge in [-0.05, 0) is 61.9 Å². The molecule has 1 atom stereocenters. The van der Waals surface area contributed by atoms with Crippen molar-refractivity contribution in [1.82, 2.24) is 0 Å². The Morgan fingerprint density at radius 1 is 1.03 bits per heavy atom. The first-order valence-electron chi connectivity index (χ1n) is 10.2. The van der Waals surface area contributed by atoms with Gasteiger partial charge in [0, 0.05) is 29.7 Å². The van der Waals surface area contributed by atoms with Crippen LogP contribution in [0.25, 0.3) is 0 Å². The second-order valence-corrected chi connectivity index (χ2v) is 11.3.